The molecule has 2 fully saturated rings. The van der Waals surface area contributed by atoms with E-state index in [1.54, 1.807) is 22.3 Å². The molecule has 0 N–H and O–H groups in total. The molecule has 3 unspecified atom stereocenters. The van der Waals surface area contributed by atoms with Crippen molar-refractivity contribution in [1.29, 1.82) is 0 Å². The largest absolute Gasteiger partial charge is 0.487 e. The van der Waals surface area contributed by atoms with Crippen molar-refractivity contribution in [2.24, 2.45) is 17.8 Å². The van der Waals surface area contributed by atoms with Crippen LogP contribution in [-0.2, 0) is 11.3 Å². The van der Waals surface area contributed by atoms with Gasteiger partial charge in [-0.1, -0.05) is 27.2 Å². The number of amides is 1. The maximum absolute atomic E-state index is 13.0. The zero-order valence-corrected chi connectivity index (χ0v) is 22.6. The van der Waals surface area contributed by atoms with E-state index < -0.39 is 0 Å². The molecule has 0 radical (unpaired) electrons. The van der Waals surface area contributed by atoms with Crippen LogP contribution in [0.5, 0.6) is 5.75 Å². The fourth-order valence-electron chi connectivity index (χ4n) is 5.47. The third-order valence-corrected chi connectivity index (χ3v) is 8.78. The summed E-state index contributed by atoms with van der Waals surface area (Å²) in [4.78, 5) is 19.7. The zero-order valence-electron chi connectivity index (χ0n) is 21.8. The van der Waals surface area contributed by atoms with E-state index in [2.05, 4.69) is 41.7 Å². The van der Waals surface area contributed by atoms with Gasteiger partial charge in [0.15, 0.2) is 0 Å². The highest BCUT2D eigenvalue weighted by Gasteiger charge is 2.35. The molecule has 1 saturated carbocycles. The standard InChI is InChI=1S/C27H36N6O3S/c1-18(2)24-9-4-19(3)14-25(24)36-27(34)32-12-10-20(11-13-32)26-29-21(16-37-26)15-35-23-7-5-22(6-8-23)33-17-28-30-31-33/h5-8,16-20,24-25H,4,9-15H2,1-3H3. The molecule has 37 heavy (non-hydrogen) atoms. The first-order valence-electron chi connectivity index (χ1n) is 13.3. The van der Waals surface area contributed by atoms with Gasteiger partial charge in [0.05, 0.1) is 16.4 Å². The van der Waals surface area contributed by atoms with E-state index in [0.29, 0.717) is 30.3 Å². The number of tetrazole rings is 1. The summed E-state index contributed by atoms with van der Waals surface area (Å²) >= 11 is 1.68. The van der Waals surface area contributed by atoms with Crippen molar-refractivity contribution in [3.63, 3.8) is 0 Å². The molecule has 1 aliphatic heterocycles. The molecule has 198 valence electrons. The molecule has 2 aliphatic rings. The van der Waals surface area contributed by atoms with Gasteiger partial charge in [-0.2, -0.15) is 0 Å². The number of likely N-dealkylation sites (tertiary alicyclic amines) is 1. The second kappa shape index (κ2) is 11.6. The molecule has 9 nitrogen and oxygen atoms in total. The Morgan fingerprint density at radius 2 is 1.92 bits per heavy atom. The first-order valence-corrected chi connectivity index (χ1v) is 14.2. The summed E-state index contributed by atoms with van der Waals surface area (Å²) in [5.74, 6) is 2.77. The van der Waals surface area contributed by atoms with Crippen LogP contribution in [0, 0.1) is 17.8 Å². The lowest BCUT2D eigenvalue weighted by atomic mass is 9.75. The molecule has 1 amide bonds. The minimum Gasteiger partial charge on any atom is -0.487 e. The fraction of sp³-hybridized carbons (Fsp3) is 0.593. The number of ether oxygens (including phenoxy) is 2. The van der Waals surface area contributed by atoms with Crippen molar-refractivity contribution in [2.45, 2.75) is 71.5 Å². The number of aromatic nitrogens is 5. The lowest BCUT2D eigenvalue weighted by Gasteiger charge is -2.38. The number of hydrogen-bond donors (Lipinski definition) is 0. The van der Waals surface area contributed by atoms with Gasteiger partial charge in [0.25, 0.3) is 0 Å². The highest BCUT2D eigenvalue weighted by molar-refractivity contribution is 7.09. The normalized spacial score (nSPS) is 22.8. The van der Waals surface area contributed by atoms with Crippen molar-refractivity contribution in [2.75, 3.05) is 13.1 Å². The van der Waals surface area contributed by atoms with Gasteiger partial charge in [0.1, 0.15) is 24.8 Å². The maximum Gasteiger partial charge on any atom is 0.410 e. The van der Waals surface area contributed by atoms with E-state index in [1.807, 2.05) is 29.2 Å². The van der Waals surface area contributed by atoms with Crippen LogP contribution < -0.4 is 4.74 Å². The molecule has 10 heteroatoms. The summed E-state index contributed by atoms with van der Waals surface area (Å²) in [6.07, 6.45) is 6.66. The summed E-state index contributed by atoms with van der Waals surface area (Å²) < 4.78 is 13.6. The molecule has 3 atom stereocenters. The van der Waals surface area contributed by atoms with E-state index in [1.165, 1.54) is 6.42 Å². The van der Waals surface area contributed by atoms with E-state index in [0.717, 1.165) is 60.9 Å². The van der Waals surface area contributed by atoms with Crippen LogP contribution in [0.25, 0.3) is 5.69 Å². The molecule has 1 aliphatic carbocycles. The summed E-state index contributed by atoms with van der Waals surface area (Å²) in [7, 11) is 0. The number of benzene rings is 1. The van der Waals surface area contributed by atoms with E-state index >= 15 is 0 Å². The minimum absolute atomic E-state index is 0.0475. The molecule has 0 spiro atoms. The Morgan fingerprint density at radius 3 is 2.62 bits per heavy atom. The van der Waals surface area contributed by atoms with Gasteiger partial charge in [0.2, 0.25) is 0 Å². The van der Waals surface area contributed by atoms with E-state index in [4.69, 9.17) is 14.5 Å². The second-order valence-corrected chi connectivity index (χ2v) is 11.6. The predicted molar refractivity (Wildman–Crippen MR) is 141 cm³/mol. The van der Waals surface area contributed by atoms with Gasteiger partial charge in [-0.05, 0) is 78.1 Å². The number of piperidine rings is 1. The summed E-state index contributed by atoms with van der Waals surface area (Å²) in [5.41, 5.74) is 1.80. The van der Waals surface area contributed by atoms with E-state index in [9.17, 15) is 4.79 Å². The molecular weight excluding hydrogens is 488 g/mol. The molecule has 0 bridgehead atoms. The molecule has 3 heterocycles. The number of carbonyl (C=O) groups is 1. The van der Waals surface area contributed by atoms with Crippen molar-refractivity contribution < 1.29 is 14.3 Å². The van der Waals surface area contributed by atoms with Crippen LogP contribution in [0.3, 0.4) is 0 Å². The lowest BCUT2D eigenvalue weighted by Crippen LogP contribution is -2.43. The smallest absolute Gasteiger partial charge is 0.410 e. The van der Waals surface area contributed by atoms with Crippen LogP contribution >= 0.6 is 11.3 Å². The van der Waals surface area contributed by atoms with Crippen LogP contribution in [0.1, 0.15) is 69.5 Å². The van der Waals surface area contributed by atoms with Gasteiger partial charge in [-0.15, -0.1) is 16.4 Å². The quantitative estimate of drug-likeness (QED) is 0.404. The summed E-state index contributed by atoms with van der Waals surface area (Å²) in [6, 6.07) is 7.62. The molecule has 3 aromatic rings. The molecular formula is C27H36N6O3S. The van der Waals surface area contributed by atoms with Gasteiger partial charge in [0, 0.05) is 24.4 Å². The SMILES string of the molecule is CC1CCC(C(C)C)C(OC(=O)N2CCC(c3nc(COc4ccc(-n5cnnn5)cc4)cs3)CC2)C1. The Kier molecular flexibility index (Phi) is 8.02. The number of nitrogens with zero attached hydrogens (tertiary/aromatic N) is 6. The monoisotopic (exact) mass is 524 g/mol. The maximum atomic E-state index is 13.0. The highest BCUT2D eigenvalue weighted by Crippen LogP contribution is 2.36. The number of rotatable bonds is 7. The average molecular weight is 525 g/mol. The Morgan fingerprint density at radius 1 is 1.14 bits per heavy atom. The fourth-order valence-corrected chi connectivity index (χ4v) is 6.45. The van der Waals surface area contributed by atoms with Crippen LogP contribution in [0.15, 0.2) is 36.0 Å². The van der Waals surface area contributed by atoms with Crippen molar-refractivity contribution in [1.82, 2.24) is 30.1 Å². The topological polar surface area (TPSA) is 95.3 Å². The van der Waals surface area contributed by atoms with Gasteiger partial charge >= 0.3 is 6.09 Å². The van der Waals surface area contributed by atoms with Crippen LogP contribution in [0.2, 0.25) is 0 Å². The van der Waals surface area contributed by atoms with Gasteiger partial charge in [-0.25, -0.2) is 14.5 Å². The van der Waals surface area contributed by atoms with Crippen molar-refractivity contribution in [3.05, 3.63) is 46.7 Å². The molecule has 1 saturated heterocycles. The third-order valence-electron chi connectivity index (χ3n) is 7.72. The third kappa shape index (κ3) is 6.29. The molecule has 5 rings (SSSR count). The zero-order chi connectivity index (χ0) is 25.8. The van der Waals surface area contributed by atoms with Gasteiger partial charge < -0.3 is 14.4 Å². The highest BCUT2D eigenvalue weighted by atomic mass is 32.1. The predicted octanol–water partition coefficient (Wildman–Crippen LogP) is 5.47. The summed E-state index contributed by atoms with van der Waals surface area (Å²) in [6.45, 7) is 8.62. The average Bonchev–Trinajstić information content (AvgIpc) is 3.61. The Balaban J connectivity index is 1.09. The van der Waals surface area contributed by atoms with E-state index in [-0.39, 0.29) is 12.2 Å². The number of carbonyl (C=O) groups excluding carboxylic acids is 1. The molecule has 2 aromatic heterocycles. The number of hydrogen-bond acceptors (Lipinski definition) is 8. The van der Waals surface area contributed by atoms with Crippen molar-refractivity contribution in [3.8, 4) is 11.4 Å². The Hall–Kier alpha value is -3.01. The minimum atomic E-state index is -0.137. The number of thiazole rings is 1. The van der Waals surface area contributed by atoms with Crippen molar-refractivity contribution >= 4 is 17.4 Å². The molecule has 1 aromatic carbocycles. The lowest BCUT2D eigenvalue weighted by molar-refractivity contribution is -0.0127. The second-order valence-electron chi connectivity index (χ2n) is 10.7. The van der Waals surface area contributed by atoms with Crippen LogP contribution in [-0.4, -0.2) is 55.4 Å². The Bertz CT molecular complexity index is 1140. The summed E-state index contributed by atoms with van der Waals surface area (Å²) in [5, 5.41) is 14.4. The first-order chi connectivity index (χ1) is 18.0. The first kappa shape index (κ1) is 25.6. The van der Waals surface area contributed by atoms with Crippen LogP contribution in [0.4, 0.5) is 4.79 Å². The van der Waals surface area contributed by atoms with Gasteiger partial charge in [-0.3, -0.25) is 0 Å². The Labute approximate surface area is 222 Å².